The van der Waals surface area contributed by atoms with Gasteiger partial charge in [-0.3, -0.25) is 0 Å². The van der Waals surface area contributed by atoms with Gasteiger partial charge < -0.3 is 16.2 Å². The van der Waals surface area contributed by atoms with Crippen LogP contribution in [0.3, 0.4) is 0 Å². The van der Waals surface area contributed by atoms with Crippen LogP contribution in [0.1, 0.15) is 94.0 Å². The van der Waals surface area contributed by atoms with Crippen molar-refractivity contribution in [1.29, 1.82) is 0 Å². The van der Waals surface area contributed by atoms with Gasteiger partial charge in [0.25, 0.3) is 5.60 Å². The van der Waals surface area contributed by atoms with Gasteiger partial charge in [0.15, 0.2) is 9.84 Å². The Morgan fingerprint density at radius 2 is 1.48 bits per heavy atom. The minimum atomic E-state index is -5.95. The molecule has 0 aliphatic carbocycles. The van der Waals surface area contributed by atoms with Crippen molar-refractivity contribution in [3.8, 4) is 0 Å². The Morgan fingerprint density at radius 3 is 1.98 bits per heavy atom. The number of alkyl halides is 6. The van der Waals surface area contributed by atoms with Crippen LogP contribution in [-0.2, 0) is 22.0 Å². The van der Waals surface area contributed by atoms with Crippen LogP contribution in [0.15, 0.2) is 47.4 Å². The van der Waals surface area contributed by atoms with Crippen molar-refractivity contribution in [2.24, 2.45) is 11.7 Å². The lowest BCUT2D eigenvalue weighted by atomic mass is 9.90. The van der Waals surface area contributed by atoms with Gasteiger partial charge >= 0.3 is 12.4 Å². The first-order valence-electron chi connectivity index (χ1n) is 14.1. The van der Waals surface area contributed by atoms with Crippen LogP contribution < -0.4 is 11.1 Å². The highest BCUT2D eigenvalue weighted by atomic mass is 32.2. The Balaban J connectivity index is 0.000000401. The van der Waals surface area contributed by atoms with Crippen LogP contribution in [0.5, 0.6) is 0 Å². The van der Waals surface area contributed by atoms with Gasteiger partial charge in [0.2, 0.25) is 0 Å². The molecule has 3 atom stereocenters. The SMILES string of the molecule is CCCCCCCCC(C)C(C)N.CS(=O)(=O)c1ccc2c(c1)CNC2c1ccc(C(O)(C(F)(F)F)C(F)(F)F)cc1. The minimum Gasteiger partial charge on any atom is -0.369 e. The molecule has 2 aromatic carbocycles. The van der Waals surface area contributed by atoms with E-state index in [1.807, 2.05) is 0 Å². The van der Waals surface area contributed by atoms with Crippen LogP contribution in [0, 0.1) is 5.92 Å². The van der Waals surface area contributed by atoms with Crippen molar-refractivity contribution >= 4 is 9.84 Å². The number of rotatable bonds is 11. The predicted molar refractivity (Wildman–Crippen MR) is 151 cm³/mol. The standard InChI is InChI=1S/C18H15F6NO3S.C12H27N/c1-29(27,28)13-6-7-14-11(8-13)9-25-15(14)10-2-4-12(5-3-10)16(26,17(19,20)21)18(22,23)24;1-4-5-6-7-8-9-10-11(2)12(3)13/h2-8,15,25-26H,9H2,1H3;11-12H,4-10,13H2,1-3H3. The maximum atomic E-state index is 13.0. The Bertz CT molecular complexity index is 1230. The van der Waals surface area contributed by atoms with Crippen molar-refractivity contribution in [2.75, 3.05) is 6.26 Å². The third-order valence-corrected chi connectivity index (χ3v) is 8.85. The van der Waals surface area contributed by atoms with E-state index in [-0.39, 0.29) is 11.4 Å². The molecule has 0 amide bonds. The lowest BCUT2D eigenvalue weighted by Crippen LogP contribution is -2.53. The van der Waals surface area contributed by atoms with E-state index in [1.165, 1.54) is 57.1 Å². The molecule has 0 aromatic heterocycles. The van der Waals surface area contributed by atoms with Crippen LogP contribution >= 0.6 is 0 Å². The lowest BCUT2D eigenvalue weighted by Gasteiger charge is -2.32. The first-order chi connectivity index (χ1) is 19.3. The predicted octanol–water partition coefficient (Wildman–Crippen LogP) is 7.32. The van der Waals surface area contributed by atoms with E-state index in [4.69, 9.17) is 5.73 Å². The number of hydrogen-bond acceptors (Lipinski definition) is 5. The Hall–Kier alpha value is -2.15. The molecule has 0 saturated heterocycles. The number of nitrogens with one attached hydrogen (secondary N) is 1. The average molecular weight is 625 g/mol. The second-order valence-electron chi connectivity index (χ2n) is 11.2. The first kappa shape index (κ1) is 36.0. The molecule has 3 unspecified atom stereocenters. The fraction of sp³-hybridized carbons (Fsp3) is 0.600. The number of halogens is 6. The van der Waals surface area contributed by atoms with Crippen molar-refractivity contribution < 1.29 is 39.9 Å². The monoisotopic (exact) mass is 624 g/mol. The highest BCUT2D eigenvalue weighted by Gasteiger charge is 2.71. The van der Waals surface area contributed by atoms with Gasteiger partial charge in [0.1, 0.15) is 0 Å². The van der Waals surface area contributed by atoms with E-state index in [0.717, 1.165) is 18.4 Å². The number of aliphatic hydroxyl groups is 1. The van der Waals surface area contributed by atoms with Crippen molar-refractivity contribution in [1.82, 2.24) is 5.32 Å². The Kier molecular flexibility index (Phi) is 12.5. The summed E-state index contributed by atoms with van der Waals surface area (Å²) in [6.45, 7) is 6.91. The summed E-state index contributed by atoms with van der Waals surface area (Å²) in [5.74, 6) is 0.700. The van der Waals surface area contributed by atoms with Gasteiger partial charge in [-0.05, 0) is 48.1 Å². The molecule has 42 heavy (non-hydrogen) atoms. The molecule has 0 saturated carbocycles. The van der Waals surface area contributed by atoms with E-state index in [2.05, 4.69) is 26.1 Å². The summed E-state index contributed by atoms with van der Waals surface area (Å²) in [5, 5.41) is 12.5. The molecule has 0 bridgehead atoms. The topological polar surface area (TPSA) is 92.4 Å². The van der Waals surface area contributed by atoms with Crippen molar-refractivity contribution in [3.63, 3.8) is 0 Å². The van der Waals surface area contributed by atoms with E-state index in [0.29, 0.717) is 40.8 Å². The quantitative estimate of drug-likeness (QED) is 0.180. The normalized spacial score (nSPS) is 17.3. The fourth-order valence-corrected chi connectivity index (χ4v) is 5.45. The summed E-state index contributed by atoms with van der Waals surface area (Å²) in [4.78, 5) is 0.106. The molecule has 5 nitrogen and oxygen atoms in total. The zero-order chi connectivity index (χ0) is 31.9. The Labute approximate surface area is 244 Å². The molecule has 0 radical (unpaired) electrons. The highest BCUT2D eigenvalue weighted by Crippen LogP contribution is 2.50. The highest BCUT2D eigenvalue weighted by molar-refractivity contribution is 7.90. The molecular formula is C30H42F6N2O3S. The molecule has 1 aliphatic rings. The number of sulfone groups is 1. The molecule has 2 aromatic rings. The van der Waals surface area contributed by atoms with E-state index < -0.39 is 39.4 Å². The van der Waals surface area contributed by atoms with Crippen LogP contribution in [0.2, 0.25) is 0 Å². The molecule has 4 N–H and O–H groups in total. The van der Waals surface area contributed by atoms with Crippen molar-refractivity contribution in [3.05, 3.63) is 64.7 Å². The van der Waals surface area contributed by atoms with Gasteiger partial charge in [0, 0.05) is 24.4 Å². The summed E-state index contributed by atoms with van der Waals surface area (Å²) >= 11 is 0. The smallest absolute Gasteiger partial charge is 0.369 e. The maximum absolute atomic E-state index is 13.0. The number of benzene rings is 2. The van der Waals surface area contributed by atoms with Crippen LogP contribution in [0.25, 0.3) is 0 Å². The lowest BCUT2D eigenvalue weighted by molar-refractivity contribution is -0.376. The van der Waals surface area contributed by atoms with Gasteiger partial charge in [0.05, 0.1) is 10.9 Å². The molecule has 238 valence electrons. The van der Waals surface area contributed by atoms with Gasteiger partial charge in [-0.2, -0.15) is 26.3 Å². The second kappa shape index (κ2) is 14.5. The first-order valence-corrected chi connectivity index (χ1v) is 16.0. The summed E-state index contributed by atoms with van der Waals surface area (Å²) in [5.41, 5.74) is 1.16. The van der Waals surface area contributed by atoms with E-state index >= 15 is 0 Å². The maximum Gasteiger partial charge on any atom is 0.430 e. The number of hydrogen-bond donors (Lipinski definition) is 3. The van der Waals surface area contributed by atoms with Gasteiger partial charge in [-0.25, -0.2) is 8.42 Å². The van der Waals surface area contributed by atoms with E-state index in [9.17, 15) is 39.9 Å². The van der Waals surface area contributed by atoms with Gasteiger partial charge in [-0.15, -0.1) is 0 Å². The van der Waals surface area contributed by atoms with E-state index in [1.54, 1.807) is 6.07 Å². The summed E-state index contributed by atoms with van der Waals surface area (Å²) < 4.78 is 101. The second-order valence-corrected chi connectivity index (χ2v) is 13.2. The Morgan fingerprint density at radius 1 is 0.929 bits per heavy atom. The molecule has 0 fully saturated rings. The third kappa shape index (κ3) is 8.93. The van der Waals surface area contributed by atoms with Crippen LogP contribution in [-0.4, -0.2) is 38.2 Å². The summed E-state index contributed by atoms with van der Waals surface area (Å²) in [6.07, 6.45) is -1.19. The summed E-state index contributed by atoms with van der Waals surface area (Å²) in [7, 11) is -3.43. The number of unbranched alkanes of at least 4 members (excludes halogenated alkanes) is 5. The molecule has 1 heterocycles. The third-order valence-electron chi connectivity index (χ3n) is 7.74. The number of fused-ring (bicyclic) bond motifs is 1. The number of nitrogens with two attached hydrogens (primary N) is 1. The fourth-order valence-electron chi connectivity index (χ4n) is 4.78. The van der Waals surface area contributed by atoms with Gasteiger partial charge in [-0.1, -0.05) is 82.7 Å². The average Bonchev–Trinajstić information content (AvgIpc) is 3.32. The van der Waals surface area contributed by atoms with Crippen LogP contribution in [0.4, 0.5) is 26.3 Å². The zero-order valence-electron chi connectivity index (χ0n) is 24.4. The largest absolute Gasteiger partial charge is 0.430 e. The molecule has 3 rings (SSSR count). The molecule has 1 aliphatic heterocycles. The summed E-state index contributed by atoms with van der Waals surface area (Å²) in [6, 6.07) is 7.53. The van der Waals surface area contributed by atoms with Crippen molar-refractivity contribution in [2.45, 2.75) is 107 Å². The minimum absolute atomic E-state index is 0.106. The molecule has 12 heteroatoms. The molecular weight excluding hydrogens is 582 g/mol. The zero-order valence-corrected chi connectivity index (χ0v) is 25.3. The molecule has 0 spiro atoms.